The molecule has 1 saturated heterocycles. The number of rotatable bonds is 6. The largest absolute Gasteiger partial charge is 0.493 e. The summed E-state index contributed by atoms with van der Waals surface area (Å²) in [6.07, 6.45) is 1.98. The van der Waals surface area contributed by atoms with Crippen LogP contribution in [0.5, 0.6) is 11.5 Å². The predicted molar refractivity (Wildman–Crippen MR) is 81.5 cm³/mol. The molecule has 4 nitrogen and oxygen atoms in total. The van der Waals surface area contributed by atoms with E-state index in [0.29, 0.717) is 0 Å². The highest BCUT2D eigenvalue weighted by Crippen LogP contribution is 2.28. The Morgan fingerprint density at radius 1 is 1.05 bits per heavy atom. The van der Waals surface area contributed by atoms with Crippen molar-refractivity contribution < 1.29 is 9.47 Å². The number of hydrogen-bond acceptors (Lipinski definition) is 4. The molecule has 0 bridgehead atoms. The number of nitrogens with zero attached hydrogens (tertiary/aromatic N) is 2. The molecule has 1 aliphatic rings. The number of methoxy groups -OCH3 is 2. The van der Waals surface area contributed by atoms with E-state index in [2.05, 4.69) is 28.5 Å². The lowest BCUT2D eigenvalue weighted by Crippen LogP contribution is -2.45. The van der Waals surface area contributed by atoms with Gasteiger partial charge in [0.2, 0.25) is 0 Å². The summed E-state index contributed by atoms with van der Waals surface area (Å²) < 4.78 is 10.6. The van der Waals surface area contributed by atoms with Gasteiger partial charge in [-0.1, -0.05) is 12.1 Å². The Balaban J connectivity index is 1.92. The third-order valence-electron chi connectivity index (χ3n) is 3.71. The van der Waals surface area contributed by atoms with Crippen LogP contribution >= 0.6 is 0 Å². The van der Waals surface area contributed by atoms with Crippen molar-refractivity contribution in [3.63, 3.8) is 0 Å². The van der Waals surface area contributed by atoms with Gasteiger partial charge < -0.3 is 9.47 Å². The fraction of sp³-hybridized carbons (Fsp3) is 0.500. The van der Waals surface area contributed by atoms with E-state index in [1.807, 2.05) is 12.1 Å². The first-order chi connectivity index (χ1) is 9.76. The average molecular weight is 276 g/mol. The fourth-order valence-electron chi connectivity index (χ4n) is 2.55. The monoisotopic (exact) mass is 276 g/mol. The van der Waals surface area contributed by atoms with Gasteiger partial charge in [0.15, 0.2) is 11.5 Å². The lowest BCUT2D eigenvalue weighted by atomic mass is 10.1. The van der Waals surface area contributed by atoms with E-state index >= 15 is 0 Å². The molecule has 1 aliphatic heterocycles. The van der Waals surface area contributed by atoms with Crippen LogP contribution in [0.25, 0.3) is 0 Å². The highest BCUT2D eigenvalue weighted by atomic mass is 16.5. The van der Waals surface area contributed by atoms with Crippen LogP contribution in [0.2, 0.25) is 0 Å². The van der Waals surface area contributed by atoms with Gasteiger partial charge in [-0.25, -0.2) is 0 Å². The third-order valence-corrected chi connectivity index (χ3v) is 3.71. The molecule has 0 amide bonds. The van der Waals surface area contributed by atoms with Crippen molar-refractivity contribution in [3.05, 3.63) is 36.4 Å². The Hall–Kier alpha value is -1.52. The smallest absolute Gasteiger partial charge is 0.161 e. The van der Waals surface area contributed by atoms with Gasteiger partial charge in [0, 0.05) is 39.3 Å². The molecule has 0 spiro atoms. The number of hydrogen-bond donors (Lipinski definition) is 0. The van der Waals surface area contributed by atoms with E-state index in [-0.39, 0.29) is 0 Å². The Bertz CT molecular complexity index is 440. The molecule has 2 rings (SSSR count). The summed E-state index contributed by atoms with van der Waals surface area (Å²) in [7, 11) is 3.34. The zero-order chi connectivity index (χ0) is 14.4. The van der Waals surface area contributed by atoms with Gasteiger partial charge in [0.05, 0.1) is 14.2 Å². The topological polar surface area (TPSA) is 24.9 Å². The molecule has 0 atom stereocenters. The van der Waals surface area contributed by atoms with Crippen LogP contribution < -0.4 is 9.47 Å². The van der Waals surface area contributed by atoms with E-state index < -0.39 is 0 Å². The molecule has 0 radical (unpaired) electrons. The molecular formula is C16H24N2O2. The van der Waals surface area contributed by atoms with Gasteiger partial charge in [-0.05, 0) is 17.7 Å². The van der Waals surface area contributed by atoms with Crippen LogP contribution in [0.15, 0.2) is 30.9 Å². The van der Waals surface area contributed by atoms with Crippen LogP contribution in [-0.2, 0) is 6.54 Å². The Morgan fingerprint density at radius 3 is 2.30 bits per heavy atom. The summed E-state index contributed by atoms with van der Waals surface area (Å²) in [5.41, 5.74) is 1.26. The van der Waals surface area contributed by atoms with Crippen molar-refractivity contribution in [3.8, 4) is 11.5 Å². The van der Waals surface area contributed by atoms with Gasteiger partial charge in [0.1, 0.15) is 0 Å². The van der Waals surface area contributed by atoms with Crippen molar-refractivity contribution in [1.29, 1.82) is 0 Å². The van der Waals surface area contributed by atoms with E-state index in [9.17, 15) is 0 Å². The van der Waals surface area contributed by atoms with Gasteiger partial charge in [-0.15, -0.1) is 6.58 Å². The van der Waals surface area contributed by atoms with Crippen molar-refractivity contribution in [2.75, 3.05) is 46.9 Å². The minimum atomic E-state index is 0.784. The first kappa shape index (κ1) is 14.9. The van der Waals surface area contributed by atoms with Crippen molar-refractivity contribution in [2.24, 2.45) is 0 Å². The lowest BCUT2D eigenvalue weighted by molar-refractivity contribution is 0.137. The fourth-order valence-corrected chi connectivity index (χ4v) is 2.55. The molecule has 110 valence electrons. The maximum absolute atomic E-state index is 5.35. The van der Waals surface area contributed by atoms with Crippen LogP contribution in [-0.4, -0.2) is 56.7 Å². The van der Waals surface area contributed by atoms with E-state index in [4.69, 9.17) is 9.47 Å². The van der Waals surface area contributed by atoms with Crippen molar-refractivity contribution >= 4 is 0 Å². The summed E-state index contributed by atoms with van der Waals surface area (Å²) in [6, 6.07) is 6.15. The van der Waals surface area contributed by atoms with Gasteiger partial charge in [-0.3, -0.25) is 9.80 Å². The second-order valence-electron chi connectivity index (χ2n) is 5.05. The summed E-state index contributed by atoms with van der Waals surface area (Å²) in [6.45, 7) is 10.2. The second kappa shape index (κ2) is 7.31. The second-order valence-corrected chi connectivity index (χ2v) is 5.05. The summed E-state index contributed by atoms with van der Waals surface area (Å²) in [5, 5.41) is 0. The Labute approximate surface area is 121 Å². The van der Waals surface area contributed by atoms with Crippen LogP contribution in [0.3, 0.4) is 0 Å². The molecule has 0 aliphatic carbocycles. The quantitative estimate of drug-likeness (QED) is 0.742. The molecule has 20 heavy (non-hydrogen) atoms. The number of piperazine rings is 1. The van der Waals surface area contributed by atoms with Crippen LogP contribution in [0.4, 0.5) is 0 Å². The molecule has 0 unspecified atom stereocenters. The molecule has 1 aromatic carbocycles. The van der Waals surface area contributed by atoms with E-state index in [1.165, 1.54) is 5.56 Å². The van der Waals surface area contributed by atoms with E-state index in [1.54, 1.807) is 14.2 Å². The van der Waals surface area contributed by atoms with Crippen LogP contribution in [0, 0.1) is 0 Å². The summed E-state index contributed by atoms with van der Waals surface area (Å²) in [5.74, 6) is 1.59. The summed E-state index contributed by atoms with van der Waals surface area (Å²) >= 11 is 0. The predicted octanol–water partition coefficient (Wildman–Crippen LogP) is 2.01. The highest BCUT2D eigenvalue weighted by molar-refractivity contribution is 5.42. The first-order valence-corrected chi connectivity index (χ1v) is 7.03. The maximum Gasteiger partial charge on any atom is 0.161 e. The average Bonchev–Trinajstić information content (AvgIpc) is 2.49. The van der Waals surface area contributed by atoms with E-state index in [0.717, 1.165) is 50.8 Å². The molecule has 0 saturated carbocycles. The molecule has 0 aromatic heterocycles. The first-order valence-electron chi connectivity index (χ1n) is 7.03. The molecule has 1 aromatic rings. The number of ether oxygens (including phenoxy) is 2. The minimum absolute atomic E-state index is 0.784. The Morgan fingerprint density at radius 2 is 1.70 bits per heavy atom. The molecular weight excluding hydrogens is 252 g/mol. The van der Waals surface area contributed by atoms with Crippen LogP contribution in [0.1, 0.15) is 5.56 Å². The molecule has 1 fully saturated rings. The maximum atomic E-state index is 5.35. The normalized spacial score (nSPS) is 16.9. The van der Waals surface area contributed by atoms with Gasteiger partial charge in [0.25, 0.3) is 0 Å². The van der Waals surface area contributed by atoms with Gasteiger partial charge >= 0.3 is 0 Å². The molecule has 4 heteroatoms. The highest BCUT2D eigenvalue weighted by Gasteiger charge is 2.16. The standard InChI is InChI=1S/C16H24N2O2/c1-4-7-17-8-10-18(11-9-17)13-14-5-6-15(19-2)16(12-14)20-3/h4-6,12H,1,7-11,13H2,2-3H3. The summed E-state index contributed by atoms with van der Waals surface area (Å²) in [4.78, 5) is 4.90. The number of benzene rings is 1. The third kappa shape index (κ3) is 3.74. The zero-order valence-electron chi connectivity index (χ0n) is 12.5. The molecule has 0 N–H and O–H groups in total. The SMILES string of the molecule is C=CCN1CCN(Cc2ccc(OC)c(OC)c2)CC1. The minimum Gasteiger partial charge on any atom is -0.493 e. The van der Waals surface area contributed by atoms with Crippen molar-refractivity contribution in [1.82, 2.24) is 9.80 Å². The van der Waals surface area contributed by atoms with Gasteiger partial charge in [-0.2, -0.15) is 0 Å². The Kier molecular flexibility index (Phi) is 5.44. The van der Waals surface area contributed by atoms with Crippen molar-refractivity contribution in [2.45, 2.75) is 6.54 Å². The molecule has 1 heterocycles. The lowest BCUT2D eigenvalue weighted by Gasteiger charge is -2.34. The zero-order valence-corrected chi connectivity index (χ0v) is 12.5.